The molecule has 4 atom stereocenters. The Labute approximate surface area is 151 Å². The predicted octanol–water partition coefficient (Wildman–Crippen LogP) is 3.19. The van der Waals surface area contributed by atoms with Crippen LogP contribution >= 0.6 is 0 Å². The molecule has 2 aliphatic rings. The minimum atomic E-state index is -0.131. The zero-order chi connectivity index (χ0) is 18.3. The fraction of sp³-hybridized carbons (Fsp3) is 0.400. The number of fused-ring (bicyclic) bond motifs is 1. The van der Waals surface area contributed by atoms with Crippen molar-refractivity contribution in [2.24, 2.45) is 11.8 Å². The number of phenolic OH excluding ortho intramolecular Hbond substituents is 2. The Kier molecular flexibility index (Phi) is 4.38. The molecule has 0 aromatic heterocycles. The third kappa shape index (κ3) is 2.75. The standard InChI is InChI=1S/C20H22O6/c1-23-17-5-3-11(7-15(17)21)19-13-9-26-20(14(13)10-25-19)12-4-6-18(24-2)16(22)8-12/h3-8,13-14,19-22H,9-10H2,1-2H3/t13-,14+,19-,20-/m0/s1. The second kappa shape index (κ2) is 6.70. The molecule has 0 saturated carbocycles. The molecule has 0 unspecified atom stereocenters. The summed E-state index contributed by atoms with van der Waals surface area (Å²) in [5.74, 6) is 1.48. The monoisotopic (exact) mass is 358 g/mol. The highest BCUT2D eigenvalue weighted by molar-refractivity contribution is 5.44. The Morgan fingerprint density at radius 1 is 0.769 bits per heavy atom. The average molecular weight is 358 g/mol. The summed E-state index contributed by atoms with van der Waals surface area (Å²) in [5, 5.41) is 20.1. The number of ether oxygens (including phenoxy) is 4. The number of phenols is 2. The van der Waals surface area contributed by atoms with Gasteiger partial charge in [0.25, 0.3) is 0 Å². The summed E-state index contributed by atoms with van der Waals surface area (Å²) in [6.07, 6.45) is -0.262. The van der Waals surface area contributed by atoms with Crippen molar-refractivity contribution in [3.05, 3.63) is 47.5 Å². The van der Waals surface area contributed by atoms with Crippen LogP contribution in [0.4, 0.5) is 0 Å². The minimum absolute atomic E-state index is 0.104. The van der Waals surface area contributed by atoms with E-state index in [0.29, 0.717) is 24.7 Å². The molecule has 0 aliphatic carbocycles. The van der Waals surface area contributed by atoms with Gasteiger partial charge < -0.3 is 29.2 Å². The van der Waals surface area contributed by atoms with Crippen LogP contribution in [0.15, 0.2) is 36.4 Å². The van der Waals surface area contributed by atoms with Crippen molar-refractivity contribution >= 4 is 0 Å². The van der Waals surface area contributed by atoms with E-state index < -0.39 is 0 Å². The Hall–Kier alpha value is -2.44. The van der Waals surface area contributed by atoms with Gasteiger partial charge in [-0.1, -0.05) is 12.1 Å². The lowest BCUT2D eigenvalue weighted by Crippen LogP contribution is -2.14. The van der Waals surface area contributed by atoms with Crippen LogP contribution in [0, 0.1) is 11.8 Å². The topological polar surface area (TPSA) is 77.4 Å². The normalized spacial score (nSPS) is 27.3. The van der Waals surface area contributed by atoms with Crippen LogP contribution in [0.1, 0.15) is 23.3 Å². The first-order valence-corrected chi connectivity index (χ1v) is 8.59. The number of methoxy groups -OCH3 is 2. The van der Waals surface area contributed by atoms with E-state index in [1.165, 1.54) is 14.2 Å². The second-order valence-corrected chi connectivity index (χ2v) is 6.70. The van der Waals surface area contributed by atoms with E-state index in [-0.39, 0.29) is 35.5 Å². The van der Waals surface area contributed by atoms with Gasteiger partial charge in [-0.2, -0.15) is 0 Å². The maximum Gasteiger partial charge on any atom is 0.160 e. The van der Waals surface area contributed by atoms with E-state index in [2.05, 4.69) is 0 Å². The van der Waals surface area contributed by atoms with Gasteiger partial charge in [-0.3, -0.25) is 0 Å². The molecule has 0 bridgehead atoms. The average Bonchev–Trinajstić information content (AvgIpc) is 3.23. The van der Waals surface area contributed by atoms with Crippen molar-refractivity contribution in [3.63, 3.8) is 0 Å². The smallest absolute Gasteiger partial charge is 0.160 e. The fourth-order valence-corrected chi connectivity index (χ4v) is 4.00. The molecule has 4 rings (SSSR count). The van der Waals surface area contributed by atoms with Crippen LogP contribution in [0.3, 0.4) is 0 Å². The van der Waals surface area contributed by atoms with Crippen molar-refractivity contribution in [2.45, 2.75) is 12.2 Å². The van der Waals surface area contributed by atoms with E-state index in [0.717, 1.165) is 11.1 Å². The molecular formula is C20H22O6. The number of hydrogen-bond donors (Lipinski definition) is 2. The Balaban J connectivity index is 1.56. The van der Waals surface area contributed by atoms with Crippen LogP contribution < -0.4 is 9.47 Å². The zero-order valence-corrected chi connectivity index (χ0v) is 14.7. The molecule has 138 valence electrons. The molecular weight excluding hydrogens is 336 g/mol. The zero-order valence-electron chi connectivity index (χ0n) is 14.7. The predicted molar refractivity (Wildman–Crippen MR) is 93.7 cm³/mol. The molecule has 0 spiro atoms. The van der Waals surface area contributed by atoms with Gasteiger partial charge in [0.15, 0.2) is 23.0 Å². The van der Waals surface area contributed by atoms with Gasteiger partial charge in [0.2, 0.25) is 0 Å². The SMILES string of the molecule is COc1ccc([C@@H]2OC[C@H]3[C@H]2CO[C@H]3c2ccc(OC)c(O)c2)cc1O. The van der Waals surface area contributed by atoms with Gasteiger partial charge >= 0.3 is 0 Å². The number of rotatable bonds is 4. The van der Waals surface area contributed by atoms with Gasteiger partial charge in [0.1, 0.15) is 0 Å². The van der Waals surface area contributed by atoms with Crippen LogP contribution in [0.2, 0.25) is 0 Å². The van der Waals surface area contributed by atoms with Gasteiger partial charge in [0, 0.05) is 11.8 Å². The van der Waals surface area contributed by atoms with Gasteiger partial charge in [0.05, 0.1) is 39.6 Å². The first-order chi connectivity index (χ1) is 12.6. The van der Waals surface area contributed by atoms with Gasteiger partial charge in [-0.05, 0) is 35.4 Å². The molecule has 2 aliphatic heterocycles. The summed E-state index contributed by atoms with van der Waals surface area (Å²) < 4.78 is 22.3. The molecule has 0 amide bonds. The molecule has 2 saturated heterocycles. The van der Waals surface area contributed by atoms with E-state index >= 15 is 0 Å². The van der Waals surface area contributed by atoms with E-state index in [1.54, 1.807) is 24.3 Å². The summed E-state index contributed by atoms with van der Waals surface area (Å²) in [7, 11) is 3.05. The summed E-state index contributed by atoms with van der Waals surface area (Å²) in [6.45, 7) is 1.14. The molecule has 0 radical (unpaired) electrons. The minimum Gasteiger partial charge on any atom is -0.504 e. The van der Waals surface area contributed by atoms with Gasteiger partial charge in [-0.25, -0.2) is 0 Å². The maximum absolute atomic E-state index is 10.1. The van der Waals surface area contributed by atoms with Crippen molar-refractivity contribution in [1.82, 2.24) is 0 Å². The van der Waals surface area contributed by atoms with Crippen molar-refractivity contribution in [1.29, 1.82) is 0 Å². The van der Waals surface area contributed by atoms with Crippen LogP contribution in [-0.4, -0.2) is 37.6 Å². The number of benzene rings is 2. The molecule has 2 aromatic carbocycles. The molecule has 2 N–H and O–H groups in total. The molecule has 6 heteroatoms. The number of hydrogen-bond acceptors (Lipinski definition) is 6. The maximum atomic E-state index is 10.1. The highest BCUT2D eigenvalue weighted by atomic mass is 16.5. The van der Waals surface area contributed by atoms with E-state index in [4.69, 9.17) is 18.9 Å². The third-order valence-corrected chi connectivity index (χ3v) is 5.33. The Morgan fingerprint density at radius 2 is 1.19 bits per heavy atom. The third-order valence-electron chi connectivity index (χ3n) is 5.33. The summed E-state index contributed by atoms with van der Waals surface area (Å²) in [6, 6.07) is 10.7. The highest BCUT2D eigenvalue weighted by Crippen LogP contribution is 2.51. The second-order valence-electron chi connectivity index (χ2n) is 6.70. The quantitative estimate of drug-likeness (QED) is 0.874. The van der Waals surface area contributed by atoms with Crippen LogP contribution in [0.5, 0.6) is 23.0 Å². The molecule has 6 nitrogen and oxygen atoms in total. The lowest BCUT2D eigenvalue weighted by molar-refractivity contribution is 0.0191. The fourth-order valence-electron chi connectivity index (χ4n) is 4.00. The van der Waals surface area contributed by atoms with E-state index in [9.17, 15) is 10.2 Å². The van der Waals surface area contributed by atoms with Crippen molar-refractivity contribution in [2.75, 3.05) is 27.4 Å². The number of aromatic hydroxyl groups is 2. The molecule has 2 aromatic rings. The van der Waals surface area contributed by atoms with Crippen molar-refractivity contribution in [3.8, 4) is 23.0 Å². The summed E-state index contributed by atoms with van der Waals surface area (Å²) in [5.41, 5.74) is 1.83. The van der Waals surface area contributed by atoms with Crippen molar-refractivity contribution < 1.29 is 29.2 Å². The molecule has 26 heavy (non-hydrogen) atoms. The largest absolute Gasteiger partial charge is 0.504 e. The van der Waals surface area contributed by atoms with E-state index in [1.807, 2.05) is 12.1 Å². The molecule has 2 fully saturated rings. The Morgan fingerprint density at radius 3 is 1.54 bits per heavy atom. The first kappa shape index (κ1) is 17.0. The van der Waals surface area contributed by atoms with Gasteiger partial charge in [-0.15, -0.1) is 0 Å². The lowest BCUT2D eigenvalue weighted by atomic mass is 9.85. The van der Waals surface area contributed by atoms with Crippen LogP contribution in [0.25, 0.3) is 0 Å². The lowest BCUT2D eigenvalue weighted by Gasteiger charge is -2.18. The van der Waals surface area contributed by atoms with Crippen LogP contribution in [-0.2, 0) is 9.47 Å². The highest BCUT2D eigenvalue weighted by Gasteiger charge is 2.48. The molecule has 2 heterocycles. The summed E-state index contributed by atoms with van der Waals surface area (Å²) in [4.78, 5) is 0. The summed E-state index contributed by atoms with van der Waals surface area (Å²) >= 11 is 0. The first-order valence-electron chi connectivity index (χ1n) is 8.59. The Bertz CT molecular complexity index is 737.